The van der Waals surface area contributed by atoms with E-state index in [4.69, 9.17) is 4.74 Å². The number of aryl methyl sites for hydroxylation is 2. The monoisotopic (exact) mass is 382 g/mol. The van der Waals surface area contributed by atoms with Crippen molar-refractivity contribution in [2.24, 2.45) is 5.41 Å². The van der Waals surface area contributed by atoms with E-state index in [1.165, 1.54) is 36.8 Å². The van der Waals surface area contributed by atoms with Gasteiger partial charge in [-0.2, -0.15) is 0 Å². The topological polar surface area (TPSA) is 9.23 Å². The van der Waals surface area contributed by atoms with Gasteiger partial charge in [0, 0.05) is 7.11 Å². The van der Waals surface area contributed by atoms with Crippen LogP contribution >= 0.6 is 0 Å². The summed E-state index contributed by atoms with van der Waals surface area (Å²) in [5, 5.41) is 1.83. The molecule has 2 aliphatic carbocycles. The van der Waals surface area contributed by atoms with Gasteiger partial charge < -0.3 is 4.74 Å². The maximum absolute atomic E-state index is 5.84. The molecular weight excluding hydrogens is 344 g/mol. The van der Waals surface area contributed by atoms with E-state index >= 15 is 0 Å². The fraction of sp³-hybridized carbons (Fsp3) is 0.600. The second-order valence-corrected chi connectivity index (χ2v) is 15.1. The molecule has 2 heteroatoms. The minimum absolute atomic E-state index is 0.316. The zero-order chi connectivity index (χ0) is 19.8. The lowest BCUT2D eigenvalue weighted by Gasteiger charge is -2.40. The zero-order valence-electron chi connectivity index (χ0n) is 18.5. The molecule has 0 unspecified atom stereocenters. The molecule has 0 N–H and O–H groups in total. The van der Waals surface area contributed by atoms with Gasteiger partial charge in [-0.3, -0.25) is 0 Å². The summed E-state index contributed by atoms with van der Waals surface area (Å²) < 4.78 is 5.84. The van der Waals surface area contributed by atoms with Crippen LogP contribution in [0, 0.1) is 12.3 Å². The fourth-order valence-electron chi connectivity index (χ4n) is 5.45. The molecular formula is C25H38OSi. The second kappa shape index (κ2) is 7.71. The van der Waals surface area contributed by atoms with E-state index in [0.717, 1.165) is 12.8 Å². The number of hydrogen-bond acceptors (Lipinski definition) is 1. The minimum Gasteiger partial charge on any atom is -0.381 e. The third-order valence-electron chi connectivity index (χ3n) is 6.84. The minimum atomic E-state index is -1.33. The van der Waals surface area contributed by atoms with Gasteiger partial charge in [0.1, 0.15) is 0 Å². The van der Waals surface area contributed by atoms with Crippen LogP contribution in [0.4, 0.5) is 0 Å². The molecule has 27 heavy (non-hydrogen) atoms. The first-order valence-corrected chi connectivity index (χ1v) is 14.2. The third-order valence-corrected chi connectivity index (χ3v) is 9.13. The first kappa shape index (κ1) is 20.6. The quantitative estimate of drug-likeness (QED) is 0.480. The molecule has 3 rings (SSSR count). The Kier molecular flexibility index (Phi) is 5.89. The third kappa shape index (κ3) is 4.17. The first-order chi connectivity index (χ1) is 12.7. The highest BCUT2D eigenvalue weighted by atomic mass is 28.3. The van der Waals surface area contributed by atoms with Crippen molar-refractivity contribution in [1.82, 2.24) is 0 Å². The molecule has 0 saturated heterocycles. The van der Waals surface area contributed by atoms with E-state index in [-0.39, 0.29) is 0 Å². The van der Waals surface area contributed by atoms with Crippen LogP contribution in [0.15, 0.2) is 46.2 Å². The van der Waals surface area contributed by atoms with Crippen molar-refractivity contribution in [1.29, 1.82) is 0 Å². The van der Waals surface area contributed by atoms with Crippen molar-refractivity contribution in [3.8, 4) is 0 Å². The summed E-state index contributed by atoms with van der Waals surface area (Å²) in [6.07, 6.45) is 7.52. The zero-order valence-corrected chi connectivity index (χ0v) is 19.5. The van der Waals surface area contributed by atoms with E-state index in [0.29, 0.717) is 11.5 Å². The molecule has 0 heterocycles. The van der Waals surface area contributed by atoms with Crippen LogP contribution in [0.25, 0.3) is 0 Å². The highest BCUT2D eigenvalue weighted by molar-refractivity contribution is 6.83. The van der Waals surface area contributed by atoms with Gasteiger partial charge in [-0.05, 0) is 67.6 Å². The predicted octanol–water partition coefficient (Wildman–Crippen LogP) is 7.03. The number of fused-ring (bicyclic) bond motifs is 1. The van der Waals surface area contributed by atoms with Crippen LogP contribution in [-0.2, 0) is 11.2 Å². The molecule has 1 aromatic rings. The van der Waals surface area contributed by atoms with Crippen molar-refractivity contribution in [2.75, 3.05) is 7.11 Å². The maximum atomic E-state index is 5.84. The lowest BCUT2D eigenvalue weighted by molar-refractivity contribution is 0.0975. The standard InChI is InChI=1S/C25H38OSi/c1-8-21-22(13-12-19-11-9-10-18(2)14-19)23-15-20(26-4)16-25(23,3)17-24(21)27(5,6)7/h9-11,14,20H,8,12-13,15-17H2,1-7H3/t20-,25+/m1/s1. The fourth-order valence-corrected chi connectivity index (χ4v) is 7.60. The lowest BCUT2D eigenvalue weighted by atomic mass is 9.72. The number of rotatable bonds is 6. The summed E-state index contributed by atoms with van der Waals surface area (Å²) >= 11 is 0. The molecule has 0 spiro atoms. The summed E-state index contributed by atoms with van der Waals surface area (Å²) in [4.78, 5) is 0. The summed E-state index contributed by atoms with van der Waals surface area (Å²) in [7, 11) is 0.561. The van der Waals surface area contributed by atoms with Crippen molar-refractivity contribution in [2.45, 2.75) is 85.0 Å². The summed E-state index contributed by atoms with van der Waals surface area (Å²) in [5.74, 6) is 0. The Morgan fingerprint density at radius 1 is 1.15 bits per heavy atom. The summed E-state index contributed by atoms with van der Waals surface area (Å²) in [6, 6.07) is 9.05. The normalized spacial score (nSPS) is 26.0. The Morgan fingerprint density at radius 3 is 2.48 bits per heavy atom. The van der Waals surface area contributed by atoms with Crippen LogP contribution < -0.4 is 0 Å². The van der Waals surface area contributed by atoms with Gasteiger partial charge >= 0.3 is 0 Å². The Hall–Kier alpha value is -1.12. The molecule has 0 aromatic heterocycles. The molecule has 1 nitrogen and oxygen atoms in total. The Morgan fingerprint density at radius 2 is 1.89 bits per heavy atom. The number of ether oxygens (including phenoxy) is 1. The molecule has 1 aromatic carbocycles. The first-order valence-electron chi connectivity index (χ1n) is 10.7. The molecule has 1 fully saturated rings. The van der Waals surface area contributed by atoms with Gasteiger partial charge in [-0.15, -0.1) is 0 Å². The molecule has 0 amide bonds. The largest absolute Gasteiger partial charge is 0.381 e. The van der Waals surface area contributed by atoms with E-state index < -0.39 is 8.07 Å². The Balaban J connectivity index is 2.02. The van der Waals surface area contributed by atoms with E-state index in [1.54, 1.807) is 16.7 Å². The van der Waals surface area contributed by atoms with Gasteiger partial charge in [0.2, 0.25) is 0 Å². The molecule has 0 bridgehead atoms. The van der Waals surface area contributed by atoms with Crippen molar-refractivity contribution >= 4 is 8.07 Å². The van der Waals surface area contributed by atoms with Crippen molar-refractivity contribution in [3.05, 3.63) is 57.3 Å². The molecule has 2 aliphatic rings. The van der Waals surface area contributed by atoms with Gasteiger partial charge in [0.05, 0.1) is 14.2 Å². The van der Waals surface area contributed by atoms with E-state index in [1.807, 2.05) is 12.3 Å². The number of hydrogen-bond donors (Lipinski definition) is 0. The number of allylic oxidation sites excluding steroid dienone is 3. The molecule has 0 aliphatic heterocycles. The van der Waals surface area contributed by atoms with Gasteiger partial charge in [0.15, 0.2) is 0 Å². The van der Waals surface area contributed by atoms with Gasteiger partial charge in [0.25, 0.3) is 0 Å². The maximum Gasteiger partial charge on any atom is 0.0728 e. The molecule has 0 radical (unpaired) electrons. The Bertz CT molecular complexity index is 765. The second-order valence-electron chi connectivity index (χ2n) is 10.0. The summed E-state index contributed by atoms with van der Waals surface area (Å²) in [6.45, 7) is 14.7. The van der Waals surface area contributed by atoms with E-state index in [9.17, 15) is 0 Å². The van der Waals surface area contributed by atoms with Crippen LogP contribution in [0.5, 0.6) is 0 Å². The summed E-state index contributed by atoms with van der Waals surface area (Å²) in [5.41, 5.74) is 8.29. The highest BCUT2D eigenvalue weighted by Crippen LogP contribution is 2.56. The molecule has 148 valence electrons. The van der Waals surface area contributed by atoms with E-state index in [2.05, 4.69) is 64.7 Å². The number of methoxy groups -OCH3 is 1. The van der Waals surface area contributed by atoms with Crippen LogP contribution in [0.1, 0.15) is 57.1 Å². The molecule has 1 saturated carbocycles. The SMILES string of the molecule is CCC1=C([Si](C)(C)C)C[C@]2(C)C[C@H](OC)CC2=C1CCc1cccc(C)c1. The lowest BCUT2D eigenvalue weighted by Crippen LogP contribution is -2.34. The van der Waals surface area contributed by atoms with Crippen LogP contribution in [0.2, 0.25) is 19.6 Å². The van der Waals surface area contributed by atoms with Crippen molar-refractivity contribution < 1.29 is 4.74 Å². The number of benzene rings is 1. The van der Waals surface area contributed by atoms with Gasteiger partial charge in [-0.1, -0.05) is 74.1 Å². The Labute approximate surface area is 167 Å². The predicted molar refractivity (Wildman–Crippen MR) is 120 cm³/mol. The smallest absolute Gasteiger partial charge is 0.0728 e. The average molecular weight is 383 g/mol. The average Bonchev–Trinajstić information content (AvgIpc) is 2.94. The molecule has 2 atom stereocenters. The van der Waals surface area contributed by atoms with Crippen LogP contribution in [-0.4, -0.2) is 21.3 Å². The van der Waals surface area contributed by atoms with Gasteiger partial charge in [-0.25, -0.2) is 0 Å². The van der Waals surface area contributed by atoms with Crippen molar-refractivity contribution in [3.63, 3.8) is 0 Å². The van der Waals surface area contributed by atoms with Crippen LogP contribution in [0.3, 0.4) is 0 Å². The highest BCUT2D eigenvalue weighted by Gasteiger charge is 2.46.